The lowest BCUT2D eigenvalue weighted by Crippen LogP contribution is -2.49. The van der Waals surface area contributed by atoms with Crippen LogP contribution in [0, 0.1) is 0 Å². The minimum absolute atomic E-state index is 0.144. The number of nitrogens with zero attached hydrogens (tertiary/aromatic N) is 3. The first kappa shape index (κ1) is 19.5. The summed E-state index contributed by atoms with van der Waals surface area (Å²) < 4.78 is 1.20. The van der Waals surface area contributed by atoms with Crippen LogP contribution in [-0.4, -0.2) is 57.8 Å². The standard InChI is InChI=1S/C22H26N4O3S/c27-18(14-26-20(28)22(24-21(26)29)10-4-1-5-11-22)25-12-8-15(9-13-25)19-23-16-6-2-3-7-17(16)30-19/h2-3,6-7,15H,1,4-5,8-14H2,(H,24,29). The lowest BCUT2D eigenvalue weighted by atomic mass is 9.82. The van der Waals surface area contributed by atoms with Crippen LogP contribution in [0.15, 0.2) is 24.3 Å². The van der Waals surface area contributed by atoms with Crippen molar-refractivity contribution in [1.29, 1.82) is 0 Å². The minimum Gasteiger partial charge on any atom is -0.341 e. The number of urea groups is 1. The number of aromatic nitrogens is 1. The molecule has 2 saturated heterocycles. The molecular weight excluding hydrogens is 400 g/mol. The Morgan fingerprint density at radius 3 is 2.60 bits per heavy atom. The summed E-state index contributed by atoms with van der Waals surface area (Å²) in [6, 6.07) is 7.73. The van der Waals surface area contributed by atoms with Gasteiger partial charge in [0.15, 0.2) is 0 Å². The van der Waals surface area contributed by atoms with Crippen LogP contribution in [0.5, 0.6) is 0 Å². The van der Waals surface area contributed by atoms with Crippen molar-refractivity contribution in [2.24, 2.45) is 0 Å². The van der Waals surface area contributed by atoms with E-state index in [0.29, 0.717) is 31.8 Å². The topological polar surface area (TPSA) is 82.6 Å². The number of imide groups is 1. The number of fused-ring (bicyclic) bond motifs is 1. The second kappa shape index (κ2) is 7.65. The Labute approximate surface area is 179 Å². The molecule has 1 aromatic heterocycles. The molecule has 8 heteroatoms. The van der Waals surface area contributed by atoms with E-state index in [1.54, 1.807) is 16.2 Å². The number of benzene rings is 1. The summed E-state index contributed by atoms with van der Waals surface area (Å²) in [5, 5.41) is 4.01. The minimum atomic E-state index is -0.768. The molecule has 1 spiro atoms. The van der Waals surface area contributed by atoms with Gasteiger partial charge >= 0.3 is 6.03 Å². The van der Waals surface area contributed by atoms with Crippen LogP contribution < -0.4 is 5.32 Å². The van der Waals surface area contributed by atoms with Gasteiger partial charge < -0.3 is 10.2 Å². The van der Waals surface area contributed by atoms with E-state index in [0.717, 1.165) is 47.5 Å². The second-order valence-electron chi connectivity index (χ2n) is 8.64. The van der Waals surface area contributed by atoms with Crippen molar-refractivity contribution in [3.05, 3.63) is 29.3 Å². The molecule has 2 aliphatic heterocycles. The molecule has 0 radical (unpaired) electrons. The molecule has 1 aliphatic carbocycles. The van der Waals surface area contributed by atoms with Crippen molar-refractivity contribution in [1.82, 2.24) is 20.1 Å². The number of piperidine rings is 1. The molecule has 30 heavy (non-hydrogen) atoms. The number of carbonyl (C=O) groups is 3. The fourth-order valence-electron chi connectivity index (χ4n) is 4.99. The lowest BCUT2D eigenvalue weighted by molar-refractivity contribution is -0.140. The normalized spacial score (nSPS) is 22.1. The van der Waals surface area contributed by atoms with Crippen LogP contribution in [-0.2, 0) is 9.59 Å². The van der Waals surface area contributed by atoms with Crippen LogP contribution in [0.3, 0.4) is 0 Å². The van der Waals surface area contributed by atoms with Gasteiger partial charge in [0.25, 0.3) is 5.91 Å². The maximum Gasteiger partial charge on any atom is 0.325 e. The average Bonchev–Trinajstić information content (AvgIpc) is 3.30. The second-order valence-corrected chi connectivity index (χ2v) is 9.70. The average molecular weight is 427 g/mol. The maximum atomic E-state index is 12.9. The molecule has 3 aliphatic rings. The van der Waals surface area contributed by atoms with Crippen molar-refractivity contribution in [3.63, 3.8) is 0 Å². The van der Waals surface area contributed by atoms with Gasteiger partial charge in [0, 0.05) is 19.0 Å². The van der Waals surface area contributed by atoms with Crippen molar-refractivity contribution in [2.75, 3.05) is 19.6 Å². The molecule has 2 aromatic rings. The van der Waals surface area contributed by atoms with E-state index in [4.69, 9.17) is 4.98 Å². The largest absolute Gasteiger partial charge is 0.341 e. The molecule has 4 amide bonds. The van der Waals surface area contributed by atoms with Gasteiger partial charge in [0.1, 0.15) is 12.1 Å². The van der Waals surface area contributed by atoms with Gasteiger partial charge in [-0.3, -0.25) is 14.5 Å². The van der Waals surface area contributed by atoms with Crippen molar-refractivity contribution in [3.8, 4) is 0 Å². The fraction of sp³-hybridized carbons (Fsp3) is 0.545. The van der Waals surface area contributed by atoms with Gasteiger partial charge in [-0.1, -0.05) is 31.4 Å². The highest BCUT2D eigenvalue weighted by Crippen LogP contribution is 2.35. The van der Waals surface area contributed by atoms with E-state index in [1.165, 1.54) is 4.70 Å². The number of para-hydroxylation sites is 1. The quantitative estimate of drug-likeness (QED) is 0.764. The van der Waals surface area contributed by atoms with Gasteiger partial charge in [-0.05, 0) is 37.8 Å². The Bertz CT molecular complexity index is 956. The van der Waals surface area contributed by atoms with Crippen LogP contribution >= 0.6 is 11.3 Å². The monoisotopic (exact) mass is 426 g/mol. The number of rotatable bonds is 3. The maximum absolute atomic E-state index is 12.9. The number of hydrogen-bond acceptors (Lipinski definition) is 5. The first-order valence-electron chi connectivity index (χ1n) is 10.8. The third kappa shape index (κ3) is 3.37. The van der Waals surface area contributed by atoms with Gasteiger partial charge in [-0.15, -0.1) is 11.3 Å². The molecular formula is C22H26N4O3S. The zero-order valence-corrected chi connectivity index (χ0v) is 17.7. The number of likely N-dealkylation sites (tertiary alicyclic amines) is 1. The van der Waals surface area contributed by atoms with E-state index in [-0.39, 0.29) is 18.4 Å². The van der Waals surface area contributed by atoms with Crippen LogP contribution in [0.1, 0.15) is 55.9 Å². The van der Waals surface area contributed by atoms with Crippen LogP contribution in [0.2, 0.25) is 0 Å². The van der Waals surface area contributed by atoms with Crippen LogP contribution in [0.25, 0.3) is 10.2 Å². The highest BCUT2D eigenvalue weighted by atomic mass is 32.1. The summed E-state index contributed by atoms with van der Waals surface area (Å²) in [6.45, 7) is 1.11. The Morgan fingerprint density at radius 1 is 1.13 bits per heavy atom. The third-order valence-corrected chi connectivity index (χ3v) is 7.95. The number of amides is 4. The number of carbonyl (C=O) groups excluding carboxylic acids is 3. The van der Waals surface area contributed by atoms with Crippen molar-refractivity contribution < 1.29 is 14.4 Å². The first-order valence-corrected chi connectivity index (χ1v) is 11.6. The van der Waals surface area contributed by atoms with E-state index in [2.05, 4.69) is 11.4 Å². The van der Waals surface area contributed by atoms with E-state index in [9.17, 15) is 14.4 Å². The fourth-order valence-corrected chi connectivity index (χ4v) is 6.13. The van der Waals surface area contributed by atoms with Gasteiger partial charge in [-0.25, -0.2) is 9.78 Å². The zero-order valence-electron chi connectivity index (χ0n) is 16.9. The van der Waals surface area contributed by atoms with E-state index < -0.39 is 11.6 Å². The van der Waals surface area contributed by atoms with Gasteiger partial charge in [-0.2, -0.15) is 0 Å². The molecule has 3 heterocycles. The van der Waals surface area contributed by atoms with E-state index >= 15 is 0 Å². The number of thiazole rings is 1. The molecule has 158 valence electrons. The first-order chi connectivity index (χ1) is 14.6. The molecule has 0 bridgehead atoms. The Hall–Kier alpha value is -2.48. The Morgan fingerprint density at radius 2 is 1.87 bits per heavy atom. The number of hydrogen-bond donors (Lipinski definition) is 1. The molecule has 7 nitrogen and oxygen atoms in total. The highest BCUT2D eigenvalue weighted by Gasteiger charge is 2.51. The number of nitrogens with one attached hydrogen (secondary N) is 1. The summed E-state index contributed by atoms with van der Waals surface area (Å²) in [6.07, 6.45) is 6.03. The predicted molar refractivity (Wildman–Crippen MR) is 114 cm³/mol. The molecule has 1 saturated carbocycles. The Balaban J connectivity index is 1.20. The molecule has 0 unspecified atom stereocenters. The zero-order chi connectivity index (χ0) is 20.7. The van der Waals surface area contributed by atoms with Gasteiger partial charge in [0.2, 0.25) is 5.91 Å². The van der Waals surface area contributed by atoms with Crippen molar-refractivity contribution in [2.45, 2.75) is 56.4 Å². The van der Waals surface area contributed by atoms with E-state index in [1.807, 2.05) is 18.2 Å². The summed E-state index contributed by atoms with van der Waals surface area (Å²) >= 11 is 1.73. The summed E-state index contributed by atoms with van der Waals surface area (Å²) in [5.74, 6) is -0.00676. The predicted octanol–water partition coefficient (Wildman–Crippen LogP) is 3.26. The molecule has 3 fully saturated rings. The van der Waals surface area contributed by atoms with Gasteiger partial charge in [0.05, 0.1) is 15.2 Å². The molecule has 1 N–H and O–H groups in total. The van der Waals surface area contributed by atoms with Crippen molar-refractivity contribution >= 4 is 39.4 Å². The van der Waals surface area contributed by atoms with Crippen LogP contribution in [0.4, 0.5) is 4.79 Å². The smallest absolute Gasteiger partial charge is 0.325 e. The summed E-state index contributed by atoms with van der Waals surface area (Å²) in [4.78, 5) is 45.8. The molecule has 0 atom stereocenters. The lowest BCUT2D eigenvalue weighted by Gasteiger charge is -2.32. The third-order valence-electron chi connectivity index (χ3n) is 6.75. The molecule has 1 aromatic carbocycles. The SMILES string of the molecule is O=C(CN1C(=O)NC2(CCCCC2)C1=O)N1CCC(c2nc3ccccc3s2)CC1. The summed E-state index contributed by atoms with van der Waals surface area (Å²) in [7, 11) is 0. The summed E-state index contributed by atoms with van der Waals surface area (Å²) in [5.41, 5.74) is 0.265. The molecule has 5 rings (SSSR count). The highest BCUT2D eigenvalue weighted by molar-refractivity contribution is 7.18. The Kier molecular flexibility index (Phi) is 4.97.